The van der Waals surface area contributed by atoms with E-state index in [1.165, 1.54) is 0 Å². The molecule has 0 aliphatic rings. The van der Waals surface area contributed by atoms with Gasteiger partial charge in [-0.3, -0.25) is 4.79 Å². The monoisotopic (exact) mass is 222 g/mol. The summed E-state index contributed by atoms with van der Waals surface area (Å²) < 4.78 is 0. The van der Waals surface area contributed by atoms with Crippen LogP contribution in [-0.4, -0.2) is 23.7 Å². The zero-order valence-electron chi connectivity index (χ0n) is 9.44. The highest BCUT2D eigenvalue weighted by atomic mass is 16.3. The summed E-state index contributed by atoms with van der Waals surface area (Å²) in [6, 6.07) is 7.39. The van der Waals surface area contributed by atoms with Gasteiger partial charge < -0.3 is 16.2 Å². The third-order valence-electron chi connectivity index (χ3n) is 2.37. The molecule has 0 spiro atoms. The molecular formula is C12H18N2O2. The molecule has 0 bridgehead atoms. The maximum Gasteiger partial charge on any atom is 0.224 e. The minimum Gasteiger partial charge on any atom is -0.394 e. The number of aliphatic hydroxyl groups excluding tert-OH is 1. The van der Waals surface area contributed by atoms with E-state index in [9.17, 15) is 4.79 Å². The van der Waals surface area contributed by atoms with E-state index in [0.29, 0.717) is 13.0 Å². The Balaban J connectivity index is 2.62. The van der Waals surface area contributed by atoms with E-state index in [1.54, 1.807) is 6.92 Å². The maximum atomic E-state index is 11.6. The van der Waals surface area contributed by atoms with E-state index in [4.69, 9.17) is 10.8 Å². The van der Waals surface area contributed by atoms with Gasteiger partial charge in [-0.1, -0.05) is 24.3 Å². The van der Waals surface area contributed by atoms with Gasteiger partial charge in [0, 0.05) is 12.6 Å². The Bertz CT molecular complexity index is 353. The molecule has 0 unspecified atom stereocenters. The standard InChI is InChI=1S/C12H18N2O2/c1-9(8-15)14-12(16)6-10-4-2-3-5-11(10)7-13/h2-5,9,15H,6-8,13H2,1H3,(H,14,16)/t9-/m0/s1. The maximum absolute atomic E-state index is 11.6. The van der Waals surface area contributed by atoms with Crippen molar-refractivity contribution in [3.63, 3.8) is 0 Å². The van der Waals surface area contributed by atoms with Crippen molar-refractivity contribution in [2.24, 2.45) is 5.73 Å². The van der Waals surface area contributed by atoms with E-state index in [0.717, 1.165) is 11.1 Å². The van der Waals surface area contributed by atoms with Crippen molar-refractivity contribution in [3.05, 3.63) is 35.4 Å². The average Bonchev–Trinajstić information content (AvgIpc) is 2.29. The van der Waals surface area contributed by atoms with E-state index < -0.39 is 0 Å². The Morgan fingerprint density at radius 3 is 2.62 bits per heavy atom. The molecule has 1 aromatic carbocycles. The number of aliphatic hydroxyl groups is 1. The SMILES string of the molecule is C[C@@H](CO)NC(=O)Cc1ccccc1CN. The van der Waals surface area contributed by atoms with Crippen molar-refractivity contribution in [2.45, 2.75) is 25.9 Å². The fourth-order valence-electron chi connectivity index (χ4n) is 1.47. The van der Waals surface area contributed by atoms with Gasteiger partial charge in [0.25, 0.3) is 0 Å². The smallest absolute Gasteiger partial charge is 0.224 e. The van der Waals surface area contributed by atoms with Crippen LogP contribution in [0, 0.1) is 0 Å². The number of hydrogen-bond acceptors (Lipinski definition) is 3. The summed E-state index contributed by atoms with van der Waals surface area (Å²) in [5, 5.41) is 11.5. The molecule has 0 saturated heterocycles. The molecule has 0 aliphatic carbocycles. The summed E-state index contributed by atoms with van der Waals surface area (Å²) in [6.45, 7) is 2.13. The van der Waals surface area contributed by atoms with Gasteiger partial charge in [-0.2, -0.15) is 0 Å². The topological polar surface area (TPSA) is 75.3 Å². The first-order valence-electron chi connectivity index (χ1n) is 5.34. The summed E-state index contributed by atoms with van der Waals surface area (Å²) in [5.74, 6) is -0.0950. The van der Waals surface area contributed by atoms with E-state index in [2.05, 4.69) is 5.32 Å². The van der Waals surface area contributed by atoms with Gasteiger partial charge in [-0.15, -0.1) is 0 Å². The van der Waals surface area contributed by atoms with Crippen LogP contribution in [0.15, 0.2) is 24.3 Å². The second kappa shape index (κ2) is 6.25. The Labute approximate surface area is 95.5 Å². The first-order chi connectivity index (χ1) is 7.67. The van der Waals surface area contributed by atoms with E-state index >= 15 is 0 Å². The molecule has 1 aromatic rings. The highest BCUT2D eigenvalue weighted by Gasteiger charge is 2.09. The van der Waals surface area contributed by atoms with E-state index in [1.807, 2.05) is 24.3 Å². The van der Waals surface area contributed by atoms with Gasteiger partial charge >= 0.3 is 0 Å². The minimum atomic E-state index is -0.211. The molecule has 4 N–H and O–H groups in total. The lowest BCUT2D eigenvalue weighted by Crippen LogP contribution is -2.36. The fourth-order valence-corrected chi connectivity index (χ4v) is 1.47. The Morgan fingerprint density at radius 1 is 1.44 bits per heavy atom. The van der Waals surface area contributed by atoms with Gasteiger partial charge in [0.05, 0.1) is 13.0 Å². The molecule has 0 radical (unpaired) electrons. The third-order valence-corrected chi connectivity index (χ3v) is 2.37. The summed E-state index contributed by atoms with van der Waals surface area (Å²) >= 11 is 0. The largest absolute Gasteiger partial charge is 0.394 e. The first kappa shape index (κ1) is 12.7. The van der Waals surface area contributed by atoms with Gasteiger partial charge in [-0.25, -0.2) is 0 Å². The predicted molar refractivity (Wildman–Crippen MR) is 62.7 cm³/mol. The van der Waals surface area contributed by atoms with Crippen LogP contribution in [0.25, 0.3) is 0 Å². The molecule has 1 rings (SSSR count). The molecule has 0 aromatic heterocycles. The second-order valence-electron chi connectivity index (χ2n) is 3.80. The molecule has 0 fully saturated rings. The molecule has 88 valence electrons. The van der Waals surface area contributed by atoms with Gasteiger partial charge in [0.2, 0.25) is 5.91 Å². The lowest BCUT2D eigenvalue weighted by molar-refractivity contribution is -0.121. The number of nitrogens with one attached hydrogen (secondary N) is 1. The van der Waals surface area contributed by atoms with Crippen LogP contribution in [0.5, 0.6) is 0 Å². The van der Waals surface area contributed by atoms with Crippen LogP contribution in [0.2, 0.25) is 0 Å². The summed E-state index contributed by atoms with van der Waals surface area (Å²) in [7, 11) is 0. The van der Waals surface area contributed by atoms with Crippen molar-refractivity contribution < 1.29 is 9.90 Å². The molecule has 0 heterocycles. The predicted octanol–water partition coefficient (Wildman–Crippen LogP) is 0.185. The number of carbonyl (C=O) groups is 1. The number of hydrogen-bond donors (Lipinski definition) is 3. The highest BCUT2D eigenvalue weighted by molar-refractivity contribution is 5.79. The summed E-state index contributed by atoms with van der Waals surface area (Å²) in [5.41, 5.74) is 7.50. The zero-order chi connectivity index (χ0) is 12.0. The van der Waals surface area contributed by atoms with Crippen LogP contribution in [0.1, 0.15) is 18.1 Å². The Kier molecular flexibility index (Phi) is 4.95. The summed E-state index contributed by atoms with van der Waals surface area (Å²) in [6.07, 6.45) is 0.303. The lowest BCUT2D eigenvalue weighted by Gasteiger charge is -2.12. The number of rotatable bonds is 5. The van der Waals surface area contributed by atoms with Crippen molar-refractivity contribution in [2.75, 3.05) is 6.61 Å². The molecule has 0 aliphatic heterocycles. The molecular weight excluding hydrogens is 204 g/mol. The normalized spacial score (nSPS) is 12.2. The van der Waals surface area contributed by atoms with Crippen LogP contribution in [0.4, 0.5) is 0 Å². The number of benzene rings is 1. The first-order valence-corrected chi connectivity index (χ1v) is 5.34. The van der Waals surface area contributed by atoms with Crippen molar-refractivity contribution in [1.82, 2.24) is 5.32 Å². The second-order valence-corrected chi connectivity index (χ2v) is 3.80. The molecule has 4 nitrogen and oxygen atoms in total. The van der Waals surface area contributed by atoms with Gasteiger partial charge in [0.1, 0.15) is 0 Å². The lowest BCUT2D eigenvalue weighted by atomic mass is 10.0. The van der Waals surface area contributed by atoms with Crippen LogP contribution in [0.3, 0.4) is 0 Å². The van der Waals surface area contributed by atoms with Crippen LogP contribution < -0.4 is 11.1 Å². The third kappa shape index (κ3) is 3.64. The molecule has 1 amide bonds. The van der Waals surface area contributed by atoms with Gasteiger partial charge in [0.15, 0.2) is 0 Å². The van der Waals surface area contributed by atoms with Gasteiger partial charge in [-0.05, 0) is 18.1 Å². The average molecular weight is 222 g/mol. The van der Waals surface area contributed by atoms with Crippen molar-refractivity contribution >= 4 is 5.91 Å². The van der Waals surface area contributed by atoms with Crippen LogP contribution in [-0.2, 0) is 17.8 Å². The van der Waals surface area contributed by atoms with Crippen molar-refractivity contribution in [1.29, 1.82) is 0 Å². The molecule has 16 heavy (non-hydrogen) atoms. The highest BCUT2D eigenvalue weighted by Crippen LogP contribution is 2.08. The quantitative estimate of drug-likeness (QED) is 0.665. The Morgan fingerprint density at radius 2 is 2.06 bits per heavy atom. The fraction of sp³-hybridized carbons (Fsp3) is 0.417. The van der Waals surface area contributed by atoms with E-state index in [-0.39, 0.29) is 18.6 Å². The number of carbonyl (C=O) groups excluding carboxylic acids is 1. The van der Waals surface area contributed by atoms with Crippen LogP contribution >= 0.6 is 0 Å². The molecule has 1 atom stereocenters. The number of nitrogens with two attached hydrogens (primary N) is 1. The minimum absolute atomic E-state index is 0.0513. The zero-order valence-corrected chi connectivity index (χ0v) is 9.44. The molecule has 0 saturated carbocycles. The van der Waals surface area contributed by atoms with Crippen molar-refractivity contribution in [3.8, 4) is 0 Å². The molecule has 4 heteroatoms. The Hall–Kier alpha value is -1.39. The summed E-state index contributed by atoms with van der Waals surface area (Å²) in [4.78, 5) is 11.6. The number of amides is 1.